The predicted molar refractivity (Wildman–Crippen MR) is 58.1 cm³/mol. The molecular weight excluding hydrogens is 214 g/mol. The lowest BCUT2D eigenvalue weighted by molar-refractivity contribution is -0.148. The van der Waals surface area contributed by atoms with Gasteiger partial charge in [0.2, 0.25) is 0 Å². The first kappa shape index (κ1) is 15.3. The van der Waals surface area contributed by atoms with Gasteiger partial charge in [0.25, 0.3) is 0 Å². The third-order valence-electron chi connectivity index (χ3n) is 1.76. The highest BCUT2D eigenvalue weighted by atomic mass is 16.6. The highest BCUT2D eigenvalue weighted by Crippen LogP contribution is 1.88. The molecule has 2 N–H and O–H groups in total. The smallest absolute Gasteiger partial charge is 0.325 e. The van der Waals surface area contributed by atoms with E-state index in [0.717, 1.165) is 6.42 Å². The molecule has 0 fully saturated rings. The number of methoxy groups -OCH3 is 2. The summed E-state index contributed by atoms with van der Waals surface area (Å²) in [6, 6.07) is -0.724. The zero-order valence-corrected chi connectivity index (χ0v) is 9.94. The molecule has 1 atom stereocenters. The zero-order valence-electron chi connectivity index (χ0n) is 9.94. The van der Waals surface area contributed by atoms with Gasteiger partial charge < -0.3 is 24.7 Å². The van der Waals surface area contributed by atoms with Gasteiger partial charge >= 0.3 is 5.97 Å². The lowest BCUT2D eigenvalue weighted by Gasteiger charge is -2.10. The molecule has 0 amide bonds. The Labute approximate surface area is 96.0 Å². The zero-order chi connectivity index (χ0) is 12.2. The van der Waals surface area contributed by atoms with Gasteiger partial charge in [-0.2, -0.15) is 0 Å². The van der Waals surface area contributed by atoms with Gasteiger partial charge in [0.1, 0.15) is 12.6 Å². The Morgan fingerprint density at radius 3 is 2.50 bits per heavy atom. The summed E-state index contributed by atoms with van der Waals surface area (Å²) >= 11 is 0. The summed E-state index contributed by atoms with van der Waals surface area (Å²) in [7, 11) is 3.12. The first-order chi connectivity index (χ1) is 7.72. The van der Waals surface area contributed by atoms with Crippen LogP contribution in [0.4, 0.5) is 0 Å². The van der Waals surface area contributed by atoms with Crippen LogP contribution in [0.15, 0.2) is 0 Å². The molecule has 0 radical (unpaired) electrons. The first-order valence-electron chi connectivity index (χ1n) is 5.20. The van der Waals surface area contributed by atoms with Crippen molar-refractivity contribution < 1.29 is 23.7 Å². The monoisotopic (exact) mass is 235 g/mol. The second-order valence-electron chi connectivity index (χ2n) is 3.19. The highest BCUT2D eigenvalue weighted by molar-refractivity contribution is 5.75. The molecular formula is C10H21NO5. The summed E-state index contributed by atoms with van der Waals surface area (Å²) < 4.78 is 19.6. The number of carbonyl (C=O) groups excluding carboxylic acids is 1. The molecule has 0 aliphatic rings. The molecule has 0 saturated carbocycles. The van der Waals surface area contributed by atoms with Crippen LogP contribution in [0.5, 0.6) is 0 Å². The predicted octanol–water partition coefficient (Wildman–Crippen LogP) is -0.444. The van der Waals surface area contributed by atoms with Gasteiger partial charge in [-0.25, -0.2) is 0 Å². The molecule has 16 heavy (non-hydrogen) atoms. The average molecular weight is 235 g/mol. The normalized spacial score (nSPS) is 12.4. The van der Waals surface area contributed by atoms with Crippen molar-refractivity contribution in [2.24, 2.45) is 5.73 Å². The van der Waals surface area contributed by atoms with Gasteiger partial charge in [0.15, 0.2) is 0 Å². The minimum Gasteiger partial charge on any atom is -0.462 e. The van der Waals surface area contributed by atoms with E-state index in [0.29, 0.717) is 19.8 Å². The molecule has 0 aliphatic heterocycles. The van der Waals surface area contributed by atoms with Crippen molar-refractivity contribution in [3.63, 3.8) is 0 Å². The number of carbonyl (C=O) groups is 1. The molecule has 0 heterocycles. The maximum absolute atomic E-state index is 11.2. The molecule has 6 heteroatoms. The minimum atomic E-state index is -0.724. The van der Waals surface area contributed by atoms with Crippen LogP contribution in [-0.4, -0.2) is 59.3 Å². The lowest BCUT2D eigenvalue weighted by Crippen LogP contribution is -2.36. The number of ether oxygens (including phenoxy) is 4. The van der Waals surface area contributed by atoms with Crippen LogP contribution >= 0.6 is 0 Å². The second-order valence-corrected chi connectivity index (χ2v) is 3.19. The average Bonchev–Trinajstić information content (AvgIpc) is 2.28. The Morgan fingerprint density at radius 2 is 1.88 bits per heavy atom. The van der Waals surface area contributed by atoms with Crippen molar-refractivity contribution in [2.45, 2.75) is 12.5 Å². The van der Waals surface area contributed by atoms with Crippen LogP contribution in [0.3, 0.4) is 0 Å². The minimum absolute atomic E-state index is 0.160. The van der Waals surface area contributed by atoms with Crippen LogP contribution in [0.25, 0.3) is 0 Å². The highest BCUT2D eigenvalue weighted by Gasteiger charge is 2.13. The van der Waals surface area contributed by atoms with E-state index in [9.17, 15) is 4.79 Å². The van der Waals surface area contributed by atoms with E-state index in [4.69, 9.17) is 24.7 Å². The molecule has 0 spiro atoms. The van der Waals surface area contributed by atoms with Crippen LogP contribution in [0.2, 0.25) is 0 Å². The molecule has 0 aliphatic carbocycles. The summed E-state index contributed by atoms with van der Waals surface area (Å²) in [4.78, 5) is 11.2. The number of rotatable bonds is 10. The summed E-state index contributed by atoms with van der Waals surface area (Å²) in [5, 5.41) is 0. The number of nitrogens with two attached hydrogens (primary N) is 1. The van der Waals surface area contributed by atoms with Crippen molar-refractivity contribution in [1.29, 1.82) is 0 Å². The number of esters is 1. The van der Waals surface area contributed by atoms with E-state index in [-0.39, 0.29) is 13.2 Å². The largest absolute Gasteiger partial charge is 0.462 e. The Morgan fingerprint density at radius 1 is 1.12 bits per heavy atom. The molecule has 96 valence electrons. The molecule has 0 rings (SSSR count). The van der Waals surface area contributed by atoms with Crippen LogP contribution in [0.1, 0.15) is 6.42 Å². The van der Waals surface area contributed by atoms with Crippen LogP contribution in [-0.2, 0) is 23.7 Å². The van der Waals surface area contributed by atoms with Crippen molar-refractivity contribution in [3.8, 4) is 0 Å². The summed E-state index contributed by atoms with van der Waals surface area (Å²) in [5.41, 5.74) is 5.45. The summed E-state index contributed by atoms with van der Waals surface area (Å²) in [6.07, 6.45) is 0.827. The molecule has 6 nitrogen and oxygen atoms in total. The third kappa shape index (κ3) is 8.60. The molecule has 0 bridgehead atoms. The first-order valence-corrected chi connectivity index (χ1v) is 5.20. The van der Waals surface area contributed by atoms with E-state index < -0.39 is 12.0 Å². The fourth-order valence-corrected chi connectivity index (χ4v) is 0.963. The fraction of sp³-hybridized carbons (Fsp3) is 0.900. The molecule has 1 unspecified atom stereocenters. The fourth-order valence-electron chi connectivity index (χ4n) is 0.963. The van der Waals surface area contributed by atoms with Gasteiger partial charge in [-0.1, -0.05) is 0 Å². The van der Waals surface area contributed by atoms with E-state index >= 15 is 0 Å². The van der Waals surface area contributed by atoms with Gasteiger partial charge in [-0.05, 0) is 6.42 Å². The van der Waals surface area contributed by atoms with Gasteiger partial charge in [0, 0.05) is 27.4 Å². The Hall–Kier alpha value is -0.690. The molecule has 0 aromatic heterocycles. The summed E-state index contributed by atoms with van der Waals surface area (Å²) in [5.74, 6) is -0.470. The van der Waals surface area contributed by atoms with Gasteiger partial charge in [-0.3, -0.25) is 4.79 Å². The lowest BCUT2D eigenvalue weighted by atomic mass is 10.3. The third-order valence-corrected chi connectivity index (χ3v) is 1.76. The topological polar surface area (TPSA) is 80.0 Å². The standard InChI is InChI=1S/C10H21NO5/c1-13-4-3-5-15-6-7-16-10(12)9(11)8-14-2/h9H,3-8,11H2,1-2H3. The Balaban J connectivity index is 3.27. The van der Waals surface area contributed by atoms with Crippen molar-refractivity contribution in [1.82, 2.24) is 0 Å². The maximum Gasteiger partial charge on any atom is 0.325 e. The molecule has 0 aromatic rings. The molecule has 0 aromatic carbocycles. The number of hydrogen-bond acceptors (Lipinski definition) is 6. The van der Waals surface area contributed by atoms with Crippen molar-refractivity contribution >= 4 is 5.97 Å². The van der Waals surface area contributed by atoms with Crippen LogP contribution < -0.4 is 5.73 Å². The van der Waals surface area contributed by atoms with E-state index in [2.05, 4.69) is 0 Å². The van der Waals surface area contributed by atoms with Crippen molar-refractivity contribution in [3.05, 3.63) is 0 Å². The van der Waals surface area contributed by atoms with Crippen molar-refractivity contribution in [2.75, 3.05) is 47.3 Å². The van der Waals surface area contributed by atoms with Crippen LogP contribution in [0, 0.1) is 0 Å². The molecule has 0 saturated heterocycles. The quantitative estimate of drug-likeness (QED) is 0.408. The van der Waals surface area contributed by atoms with Gasteiger partial charge in [0.05, 0.1) is 13.2 Å². The van der Waals surface area contributed by atoms with E-state index in [1.807, 2.05) is 0 Å². The maximum atomic E-state index is 11.2. The summed E-state index contributed by atoms with van der Waals surface area (Å²) in [6.45, 7) is 2.00. The number of hydrogen-bond donors (Lipinski definition) is 1. The Kier molecular flexibility index (Phi) is 10.3. The van der Waals surface area contributed by atoms with E-state index in [1.165, 1.54) is 7.11 Å². The Bertz CT molecular complexity index is 177. The van der Waals surface area contributed by atoms with Gasteiger partial charge in [-0.15, -0.1) is 0 Å². The SMILES string of the molecule is COCCCOCCOC(=O)C(N)COC. The van der Waals surface area contributed by atoms with E-state index in [1.54, 1.807) is 7.11 Å². The second kappa shape index (κ2) is 10.8.